The first-order chi connectivity index (χ1) is 8.66. The summed E-state index contributed by atoms with van der Waals surface area (Å²) in [6.45, 7) is 14.9. The van der Waals surface area contributed by atoms with E-state index in [1.807, 2.05) is 20.8 Å². The topological polar surface area (TPSA) is 29.5 Å². The van der Waals surface area contributed by atoms with E-state index in [2.05, 4.69) is 27.7 Å². The van der Waals surface area contributed by atoms with Crippen LogP contribution in [0.15, 0.2) is 0 Å². The lowest BCUT2D eigenvalue weighted by molar-refractivity contribution is 0.00398. The molecule has 2 heteroatoms. The SMILES string of the molecule is Cc1c(C)c2c(c(C)c1O)CC(C(C)C)C(C)(C)O2. The Bertz CT molecular complexity index is 513. The maximum Gasteiger partial charge on any atom is 0.127 e. The normalized spacial score (nSPS) is 21.2. The van der Waals surface area contributed by atoms with Gasteiger partial charge in [-0.25, -0.2) is 0 Å². The van der Waals surface area contributed by atoms with E-state index in [0.29, 0.717) is 17.6 Å². The average Bonchev–Trinajstić information content (AvgIpc) is 2.32. The van der Waals surface area contributed by atoms with E-state index in [1.165, 1.54) is 5.56 Å². The summed E-state index contributed by atoms with van der Waals surface area (Å²) in [7, 11) is 0. The molecule has 1 aromatic rings. The summed E-state index contributed by atoms with van der Waals surface area (Å²) in [5.74, 6) is 2.46. The third-order valence-corrected chi connectivity index (χ3v) is 4.83. The fourth-order valence-electron chi connectivity index (χ4n) is 3.40. The molecule has 0 fully saturated rings. The number of hydrogen-bond acceptors (Lipinski definition) is 2. The van der Waals surface area contributed by atoms with Crippen LogP contribution < -0.4 is 4.74 Å². The highest BCUT2D eigenvalue weighted by atomic mass is 16.5. The Kier molecular flexibility index (Phi) is 3.32. The molecule has 2 nitrogen and oxygen atoms in total. The Morgan fingerprint density at radius 2 is 1.68 bits per heavy atom. The zero-order valence-electron chi connectivity index (χ0n) is 13.2. The van der Waals surface area contributed by atoms with Crippen molar-refractivity contribution < 1.29 is 9.84 Å². The lowest BCUT2D eigenvalue weighted by Gasteiger charge is -2.43. The largest absolute Gasteiger partial charge is 0.507 e. The highest BCUT2D eigenvalue weighted by molar-refractivity contribution is 5.58. The van der Waals surface area contributed by atoms with E-state index in [9.17, 15) is 5.11 Å². The third-order valence-electron chi connectivity index (χ3n) is 4.83. The van der Waals surface area contributed by atoms with Gasteiger partial charge in [-0.1, -0.05) is 13.8 Å². The third kappa shape index (κ3) is 2.11. The van der Waals surface area contributed by atoms with Crippen LogP contribution in [0.3, 0.4) is 0 Å². The molecule has 0 radical (unpaired) electrons. The van der Waals surface area contributed by atoms with E-state index in [-0.39, 0.29) is 5.60 Å². The molecule has 19 heavy (non-hydrogen) atoms. The van der Waals surface area contributed by atoms with Crippen molar-refractivity contribution >= 4 is 0 Å². The molecule has 1 heterocycles. The smallest absolute Gasteiger partial charge is 0.127 e. The Morgan fingerprint density at radius 1 is 1.11 bits per heavy atom. The number of phenolic OH excluding ortho intramolecular Hbond substituents is 1. The molecule has 1 N–H and O–H groups in total. The van der Waals surface area contributed by atoms with Gasteiger partial charge in [-0.15, -0.1) is 0 Å². The standard InChI is InChI=1S/C17H26O2/c1-9(2)14-8-13-12(5)15(18)10(3)11(4)16(13)19-17(14,6)7/h9,14,18H,8H2,1-7H3. The van der Waals surface area contributed by atoms with Crippen molar-refractivity contribution in [2.45, 2.75) is 60.5 Å². The average molecular weight is 262 g/mol. The minimum absolute atomic E-state index is 0.151. The molecule has 0 aromatic heterocycles. The van der Waals surface area contributed by atoms with Crippen molar-refractivity contribution in [1.82, 2.24) is 0 Å². The first kappa shape index (κ1) is 14.2. The minimum Gasteiger partial charge on any atom is -0.507 e. The van der Waals surface area contributed by atoms with Gasteiger partial charge in [0.25, 0.3) is 0 Å². The van der Waals surface area contributed by atoms with Gasteiger partial charge >= 0.3 is 0 Å². The maximum absolute atomic E-state index is 10.2. The fourth-order valence-corrected chi connectivity index (χ4v) is 3.40. The minimum atomic E-state index is -0.151. The molecule has 2 rings (SSSR count). The van der Waals surface area contributed by atoms with E-state index in [4.69, 9.17) is 4.74 Å². The predicted molar refractivity (Wildman–Crippen MR) is 79.1 cm³/mol. The van der Waals surface area contributed by atoms with Crippen LogP contribution in [-0.2, 0) is 6.42 Å². The van der Waals surface area contributed by atoms with E-state index < -0.39 is 0 Å². The molecule has 1 aliphatic heterocycles. The Morgan fingerprint density at radius 3 is 2.21 bits per heavy atom. The molecule has 0 spiro atoms. The molecule has 1 aromatic carbocycles. The van der Waals surface area contributed by atoms with Crippen molar-refractivity contribution in [2.24, 2.45) is 11.8 Å². The molecule has 1 aliphatic rings. The molecule has 0 bridgehead atoms. The van der Waals surface area contributed by atoms with Gasteiger partial charge in [-0.2, -0.15) is 0 Å². The summed E-state index contributed by atoms with van der Waals surface area (Å²) in [6.07, 6.45) is 0.987. The summed E-state index contributed by atoms with van der Waals surface area (Å²) in [5.41, 5.74) is 4.04. The molecule has 0 saturated carbocycles. The second-order valence-electron chi connectivity index (χ2n) is 6.79. The van der Waals surface area contributed by atoms with E-state index in [0.717, 1.165) is 28.9 Å². The van der Waals surface area contributed by atoms with Gasteiger partial charge in [0.05, 0.1) is 0 Å². The lowest BCUT2D eigenvalue weighted by Crippen LogP contribution is -2.45. The maximum atomic E-state index is 10.2. The van der Waals surface area contributed by atoms with Gasteiger partial charge in [-0.3, -0.25) is 0 Å². The van der Waals surface area contributed by atoms with E-state index >= 15 is 0 Å². The lowest BCUT2D eigenvalue weighted by atomic mass is 9.74. The molecule has 106 valence electrons. The Balaban J connectivity index is 2.63. The van der Waals surface area contributed by atoms with Gasteiger partial charge in [0.2, 0.25) is 0 Å². The van der Waals surface area contributed by atoms with Crippen LogP contribution >= 0.6 is 0 Å². The number of benzene rings is 1. The van der Waals surface area contributed by atoms with Gasteiger partial charge < -0.3 is 9.84 Å². The second-order valence-corrected chi connectivity index (χ2v) is 6.79. The molecular weight excluding hydrogens is 236 g/mol. The molecule has 0 amide bonds. The number of rotatable bonds is 1. The van der Waals surface area contributed by atoms with Crippen LogP contribution in [-0.4, -0.2) is 10.7 Å². The fraction of sp³-hybridized carbons (Fsp3) is 0.647. The second kappa shape index (κ2) is 4.43. The predicted octanol–water partition coefficient (Wildman–Crippen LogP) is 4.30. The first-order valence-corrected chi connectivity index (χ1v) is 7.17. The summed E-state index contributed by atoms with van der Waals surface area (Å²) < 4.78 is 6.33. The number of ether oxygens (including phenoxy) is 1. The molecule has 0 aliphatic carbocycles. The molecule has 1 atom stereocenters. The van der Waals surface area contributed by atoms with Crippen molar-refractivity contribution in [3.05, 3.63) is 22.3 Å². The number of aromatic hydroxyl groups is 1. The van der Waals surface area contributed by atoms with Gasteiger partial charge in [-0.05, 0) is 63.6 Å². The quantitative estimate of drug-likeness (QED) is 0.817. The van der Waals surface area contributed by atoms with Gasteiger partial charge in [0.15, 0.2) is 0 Å². The number of fused-ring (bicyclic) bond motifs is 1. The summed E-state index contributed by atoms with van der Waals surface area (Å²) >= 11 is 0. The first-order valence-electron chi connectivity index (χ1n) is 7.17. The van der Waals surface area contributed by atoms with Crippen LogP contribution in [0.25, 0.3) is 0 Å². The van der Waals surface area contributed by atoms with Crippen LogP contribution in [0.2, 0.25) is 0 Å². The molecule has 1 unspecified atom stereocenters. The van der Waals surface area contributed by atoms with Crippen LogP contribution in [0.5, 0.6) is 11.5 Å². The highest BCUT2D eigenvalue weighted by Gasteiger charge is 2.40. The van der Waals surface area contributed by atoms with Crippen LogP contribution in [0.1, 0.15) is 49.9 Å². The molecular formula is C17H26O2. The summed E-state index contributed by atoms with van der Waals surface area (Å²) in [4.78, 5) is 0. The van der Waals surface area contributed by atoms with Crippen molar-refractivity contribution in [2.75, 3.05) is 0 Å². The van der Waals surface area contributed by atoms with Crippen LogP contribution in [0.4, 0.5) is 0 Å². The summed E-state index contributed by atoms with van der Waals surface area (Å²) in [6, 6.07) is 0. The van der Waals surface area contributed by atoms with E-state index in [1.54, 1.807) is 0 Å². The van der Waals surface area contributed by atoms with Crippen LogP contribution in [0, 0.1) is 32.6 Å². The van der Waals surface area contributed by atoms with Crippen molar-refractivity contribution in [1.29, 1.82) is 0 Å². The number of hydrogen-bond donors (Lipinski definition) is 1. The van der Waals surface area contributed by atoms with Gasteiger partial charge in [0, 0.05) is 11.5 Å². The monoisotopic (exact) mass is 262 g/mol. The Hall–Kier alpha value is -1.18. The molecule has 0 saturated heterocycles. The van der Waals surface area contributed by atoms with Crippen molar-refractivity contribution in [3.8, 4) is 11.5 Å². The number of phenols is 1. The summed E-state index contributed by atoms with van der Waals surface area (Å²) in [5, 5.41) is 10.2. The Labute approximate surface area is 116 Å². The zero-order valence-corrected chi connectivity index (χ0v) is 13.2. The van der Waals surface area contributed by atoms with Gasteiger partial charge in [0.1, 0.15) is 17.1 Å². The zero-order chi connectivity index (χ0) is 14.5. The van der Waals surface area contributed by atoms with Crippen molar-refractivity contribution in [3.63, 3.8) is 0 Å². The highest BCUT2D eigenvalue weighted by Crippen LogP contribution is 2.46.